The Kier molecular flexibility index (Phi) is 8.09. The van der Waals surface area contributed by atoms with Crippen LogP contribution in [-0.2, 0) is 19.1 Å². The Morgan fingerprint density at radius 1 is 1.29 bits per heavy atom. The van der Waals surface area contributed by atoms with Crippen LogP contribution in [-0.4, -0.2) is 24.6 Å². The fraction of sp³-hybridized carbons (Fsp3) is 0.765. The van der Waals surface area contributed by atoms with Gasteiger partial charge in [-0.1, -0.05) is 38.7 Å². The molecule has 0 aromatic heterocycles. The molecule has 0 N–H and O–H groups in total. The zero-order valence-corrected chi connectivity index (χ0v) is 13.3. The van der Waals surface area contributed by atoms with Crippen molar-refractivity contribution < 1.29 is 19.1 Å². The van der Waals surface area contributed by atoms with Gasteiger partial charge < -0.3 is 9.47 Å². The number of ether oxygens (including phenoxy) is 2. The molecular weight excluding hydrogens is 268 g/mol. The first-order chi connectivity index (χ1) is 10.1. The Labute approximate surface area is 127 Å². The Balaban J connectivity index is 1.96. The summed E-state index contributed by atoms with van der Waals surface area (Å²) in [5.74, 6) is -0.0463. The lowest BCUT2D eigenvalue weighted by atomic mass is 9.82. The summed E-state index contributed by atoms with van der Waals surface area (Å²) in [4.78, 5) is 22.0. The zero-order valence-electron chi connectivity index (χ0n) is 13.3. The smallest absolute Gasteiger partial charge is 0.313 e. The minimum Gasteiger partial charge on any atom is -0.466 e. The maximum Gasteiger partial charge on any atom is 0.313 e. The second-order valence-corrected chi connectivity index (χ2v) is 5.85. The summed E-state index contributed by atoms with van der Waals surface area (Å²) in [5, 5.41) is 0. The van der Waals surface area contributed by atoms with Crippen molar-refractivity contribution in [2.24, 2.45) is 11.8 Å². The normalized spacial score (nSPS) is 22.1. The number of rotatable bonds is 11. The van der Waals surface area contributed by atoms with Crippen LogP contribution in [0.3, 0.4) is 0 Å². The van der Waals surface area contributed by atoms with Crippen molar-refractivity contribution in [2.75, 3.05) is 6.61 Å². The zero-order chi connectivity index (χ0) is 15.7. The molecule has 0 aliphatic carbocycles. The molecule has 0 saturated carbocycles. The summed E-state index contributed by atoms with van der Waals surface area (Å²) < 4.78 is 10.1. The van der Waals surface area contributed by atoms with Crippen LogP contribution in [0.5, 0.6) is 0 Å². The molecule has 1 fully saturated rings. The van der Waals surface area contributed by atoms with Crippen LogP contribution in [0.2, 0.25) is 0 Å². The van der Waals surface area contributed by atoms with Crippen LogP contribution in [0.1, 0.15) is 58.8 Å². The van der Waals surface area contributed by atoms with Crippen molar-refractivity contribution in [3.05, 3.63) is 12.7 Å². The highest BCUT2D eigenvalue weighted by Crippen LogP contribution is 2.33. The van der Waals surface area contributed by atoms with Crippen molar-refractivity contribution in [1.82, 2.24) is 0 Å². The van der Waals surface area contributed by atoms with E-state index in [4.69, 9.17) is 9.47 Å². The first-order valence-electron chi connectivity index (χ1n) is 8.02. The van der Waals surface area contributed by atoms with E-state index in [1.165, 1.54) is 13.3 Å². The standard InChI is InChI=1S/C17H28O4/c1-4-13(2)16-15(21-17(16)19)11-9-7-5-6-8-10-12-20-14(3)18/h4,13,15-16H,1,5-12H2,2-3H3. The van der Waals surface area contributed by atoms with Crippen molar-refractivity contribution in [1.29, 1.82) is 0 Å². The van der Waals surface area contributed by atoms with E-state index in [0.717, 1.165) is 38.5 Å². The van der Waals surface area contributed by atoms with Gasteiger partial charge in [0.05, 0.1) is 12.5 Å². The van der Waals surface area contributed by atoms with E-state index in [1.807, 2.05) is 13.0 Å². The van der Waals surface area contributed by atoms with Gasteiger partial charge in [-0.25, -0.2) is 0 Å². The molecule has 0 radical (unpaired) electrons. The van der Waals surface area contributed by atoms with Crippen LogP contribution in [0.25, 0.3) is 0 Å². The highest BCUT2D eigenvalue weighted by molar-refractivity contribution is 5.79. The number of hydrogen-bond acceptors (Lipinski definition) is 4. The van der Waals surface area contributed by atoms with E-state index in [9.17, 15) is 9.59 Å². The summed E-state index contributed by atoms with van der Waals surface area (Å²) in [7, 11) is 0. The fourth-order valence-corrected chi connectivity index (χ4v) is 2.69. The van der Waals surface area contributed by atoms with Crippen LogP contribution in [0.15, 0.2) is 12.7 Å². The lowest BCUT2D eigenvalue weighted by molar-refractivity contribution is -0.188. The number of cyclic esters (lactones) is 1. The van der Waals surface area contributed by atoms with Crippen LogP contribution < -0.4 is 0 Å². The molecule has 0 bridgehead atoms. The third-order valence-electron chi connectivity index (χ3n) is 4.07. The molecule has 3 atom stereocenters. The maximum atomic E-state index is 11.4. The van der Waals surface area contributed by atoms with Crippen molar-refractivity contribution in [3.63, 3.8) is 0 Å². The molecule has 21 heavy (non-hydrogen) atoms. The summed E-state index contributed by atoms with van der Waals surface area (Å²) >= 11 is 0. The van der Waals surface area contributed by atoms with Gasteiger partial charge in [0.15, 0.2) is 0 Å². The molecule has 1 aliphatic heterocycles. The monoisotopic (exact) mass is 296 g/mol. The first kappa shape index (κ1) is 17.7. The van der Waals surface area contributed by atoms with E-state index in [2.05, 4.69) is 6.58 Å². The second kappa shape index (κ2) is 9.59. The maximum absolute atomic E-state index is 11.4. The number of allylic oxidation sites excluding steroid dienone is 1. The van der Waals surface area contributed by atoms with Gasteiger partial charge in [0.25, 0.3) is 0 Å². The highest BCUT2D eigenvalue weighted by atomic mass is 16.6. The second-order valence-electron chi connectivity index (χ2n) is 5.85. The minimum atomic E-state index is -0.201. The topological polar surface area (TPSA) is 52.6 Å². The number of unbranched alkanes of at least 4 members (excludes halogenated alkanes) is 5. The Morgan fingerprint density at radius 3 is 2.48 bits per heavy atom. The molecule has 0 aromatic rings. The molecule has 4 nitrogen and oxygen atoms in total. The van der Waals surface area contributed by atoms with Crippen LogP contribution in [0.4, 0.5) is 0 Å². The number of esters is 2. The van der Waals surface area contributed by atoms with Crippen LogP contribution >= 0.6 is 0 Å². The lowest BCUT2D eigenvalue weighted by Gasteiger charge is -2.37. The predicted molar refractivity (Wildman–Crippen MR) is 81.7 cm³/mol. The third kappa shape index (κ3) is 6.32. The first-order valence-corrected chi connectivity index (χ1v) is 8.02. The summed E-state index contributed by atoms with van der Waals surface area (Å²) in [5.41, 5.74) is 0. The molecule has 0 spiro atoms. The highest BCUT2D eigenvalue weighted by Gasteiger charge is 2.44. The number of hydrogen-bond donors (Lipinski definition) is 0. The molecule has 4 heteroatoms. The van der Waals surface area contributed by atoms with Crippen molar-refractivity contribution in [2.45, 2.75) is 64.9 Å². The molecule has 1 aliphatic rings. The summed E-state index contributed by atoms with van der Waals surface area (Å²) in [6.45, 7) is 7.75. The quantitative estimate of drug-likeness (QED) is 0.332. The predicted octanol–water partition coefficient (Wildman–Crippen LogP) is 3.64. The largest absolute Gasteiger partial charge is 0.466 e. The van der Waals surface area contributed by atoms with Gasteiger partial charge in [-0.2, -0.15) is 0 Å². The average Bonchev–Trinajstić information content (AvgIpc) is 2.43. The molecule has 1 saturated heterocycles. The van der Waals surface area contributed by atoms with E-state index >= 15 is 0 Å². The Hall–Kier alpha value is -1.32. The van der Waals surface area contributed by atoms with Gasteiger partial charge in [0.1, 0.15) is 6.10 Å². The van der Waals surface area contributed by atoms with Crippen molar-refractivity contribution >= 4 is 11.9 Å². The third-order valence-corrected chi connectivity index (χ3v) is 4.07. The van der Waals surface area contributed by atoms with E-state index < -0.39 is 0 Å². The van der Waals surface area contributed by atoms with E-state index in [0.29, 0.717) is 6.61 Å². The van der Waals surface area contributed by atoms with E-state index in [-0.39, 0.29) is 29.9 Å². The molecule has 1 rings (SSSR count). The van der Waals surface area contributed by atoms with Gasteiger partial charge in [-0.3, -0.25) is 9.59 Å². The molecule has 3 unspecified atom stereocenters. The van der Waals surface area contributed by atoms with Crippen LogP contribution in [0, 0.1) is 11.8 Å². The molecule has 0 amide bonds. The number of carbonyl (C=O) groups is 2. The average molecular weight is 296 g/mol. The molecular formula is C17H28O4. The minimum absolute atomic E-state index is 0.0197. The summed E-state index contributed by atoms with van der Waals surface area (Å²) in [6, 6.07) is 0. The van der Waals surface area contributed by atoms with Gasteiger partial charge in [-0.15, -0.1) is 6.58 Å². The molecule has 1 heterocycles. The van der Waals surface area contributed by atoms with Gasteiger partial charge >= 0.3 is 11.9 Å². The SMILES string of the molecule is C=CC(C)C1C(=O)OC1CCCCCCCCOC(C)=O. The van der Waals surface area contributed by atoms with Gasteiger partial charge in [0, 0.05) is 6.92 Å². The lowest BCUT2D eigenvalue weighted by Crippen LogP contribution is -2.48. The molecule has 120 valence electrons. The molecule has 0 aromatic carbocycles. The Morgan fingerprint density at radius 2 is 1.90 bits per heavy atom. The van der Waals surface area contributed by atoms with Gasteiger partial charge in [-0.05, 0) is 25.2 Å². The Bertz CT molecular complexity index is 351. The van der Waals surface area contributed by atoms with Crippen molar-refractivity contribution in [3.8, 4) is 0 Å². The summed E-state index contributed by atoms with van der Waals surface area (Å²) in [6.07, 6.45) is 9.54. The fourth-order valence-electron chi connectivity index (χ4n) is 2.69. The number of carbonyl (C=O) groups excluding carboxylic acids is 2. The van der Waals surface area contributed by atoms with E-state index in [1.54, 1.807) is 0 Å². The van der Waals surface area contributed by atoms with Gasteiger partial charge in [0.2, 0.25) is 0 Å².